The predicted octanol–water partition coefficient (Wildman–Crippen LogP) is 3.53. The molecule has 0 aromatic heterocycles. The molecule has 0 saturated heterocycles. The number of amides is 1. The van der Waals surface area contributed by atoms with Gasteiger partial charge in [0.25, 0.3) is 21.6 Å². The van der Waals surface area contributed by atoms with Crippen molar-refractivity contribution in [3.8, 4) is 0 Å². The third kappa shape index (κ3) is 4.99. The van der Waals surface area contributed by atoms with E-state index in [4.69, 9.17) is 4.74 Å². The molecule has 1 amide bonds. The second-order valence-corrected chi connectivity index (χ2v) is 9.69. The van der Waals surface area contributed by atoms with Gasteiger partial charge in [-0.2, -0.15) is 0 Å². The molecule has 1 heterocycles. The molecule has 0 fully saturated rings. The minimum absolute atomic E-state index is 0.0337. The standard InChI is InChI=1S/C24H21N3O7S/c1-16(23(28)25-19-8-5-9-20(15-19)27(30)31)34-24(29)18-7-4-10-21(14-18)35(32,33)26-13-12-17-6-2-3-11-22(17)26/h2-11,14-16H,12-13H2,1H3,(H,25,28)/t16-/m1/s1. The van der Waals surface area contributed by atoms with Gasteiger partial charge in [-0.25, -0.2) is 13.2 Å². The van der Waals surface area contributed by atoms with Gasteiger partial charge in [-0.05, 0) is 49.2 Å². The summed E-state index contributed by atoms with van der Waals surface area (Å²) in [7, 11) is -3.91. The normalized spacial score (nSPS) is 13.6. The summed E-state index contributed by atoms with van der Waals surface area (Å²) in [4.78, 5) is 35.3. The number of carbonyl (C=O) groups is 2. The quantitative estimate of drug-likeness (QED) is 0.301. The summed E-state index contributed by atoms with van der Waals surface area (Å²) in [6.07, 6.45) is -0.651. The molecule has 0 saturated carbocycles. The molecule has 0 bridgehead atoms. The molecule has 0 aliphatic carbocycles. The maximum atomic E-state index is 13.2. The van der Waals surface area contributed by atoms with Gasteiger partial charge in [0.2, 0.25) is 0 Å². The number of anilines is 2. The Morgan fingerprint density at radius 3 is 2.57 bits per heavy atom. The van der Waals surface area contributed by atoms with E-state index < -0.39 is 32.9 Å². The first-order chi connectivity index (χ1) is 16.7. The molecule has 0 spiro atoms. The van der Waals surface area contributed by atoms with Crippen LogP contribution < -0.4 is 9.62 Å². The molecule has 3 aromatic carbocycles. The number of hydrogen-bond donors (Lipinski definition) is 1. The highest BCUT2D eigenvalue weighted by molar-refractivity contribution is 7.92. The van der Waals surface area contributed by atoms with Crippen LogP contribution in [-0.4, -0.2) is 37.9 Å². The first-order valence-corrected chi connectivity index (χ1v) is 12.1. The van der Waals surface area contributed by atoms with Gasteiger partial charge in [0.05, 0.1) is 21.1 Å². The lowest BCUT2D eigenvalue weighted by Gasteiger charge is -2.20. The number of rotatable bonds is 7. The topological polar surface area (TPSA) is 136 Å². The molecule has 10 nitrogen and oxygen atoms in total. The number of nitro benzene ring substituents is 1. The average molecular weight is 496 g/mol. The number of carbonyl (C=O) groups excluding carboxylic acids is 2. The molecule has 1 atom stereocenters. The molecule has 11 heteroatoms. The number of ether oxygens (including phenoxy) is 1. The monoisotopic (exact) mass is 495 g/mol. The number of benzene rings is 3. The van der Waals surface area contributed by atoms with Crippen LogP contribution >= 0.6 is 0 Å². The Hall–Kier alpha value is -4.25. The molecular weight excluding hydrogens is 474 g/mol. The third-order valence-electron chi connectivity index (χ3n) is 5.48. The van der Waals surface area contributed by atoms with Gasteiger partial charge in [0.1, 0.15) is 0 Å². The van der Waals surface area contributed by atoms with Gasteiger partial charge in [-0.15, -0.1) is 0 Å². The molecule has 0 unspecified atom stereocenters. The summed E-state index contributed by atoms with van der Waals surface area (Å²) in [6.45, 7) is 1.64. The van der Waals surface area contributed by atoms with Crippen molar-refractivity contribution in [3.63, 3.8) is 0 Å². The number of hydrogen-bond acceptors (Lipinski definition) is 7. The molecule has 0 radical (unpaired) electrons. The van der Waals surface area contributed by atoms with Crippen LogP contribution in [0.2, 0.25) is 0 Å². The Morgan fingerprint density at radius 1 is 1.06 bits per heavy atom. The van der Waals surface area contributed by atoms with E-state index in [-0.39, 0.29) is 21.8 Å². The zero-order valence-electron chi connectivity index (χ0n) is 18.6. The molecule has 4 rings (SSSR count). The van der Waals surface area contributed by atoms with E-state index in [2.05, 4.69) is 5.32 Å². The van der Waals surface area contributed by atoms with Gasteiger partial charge in [-0.3, -0.25) is 19.2 Å². The van der Waals surface area contributed by atoms with Crippen molar-refractivity contribution >= 4 is 39.0 Å². The third-order valence-corrected chi connectivity index (χ3v) is 7.29. The number of esters is 1. The lowest BCUT2D eigenvalue weighted by molar-refractivity contribution is -0.384. The van der Waals surface area contributed by atoms with Gasteiger partial charge in [-0.1, -0.05) is 30.3 Å². The van der Waals surface area contributed by atoms with Crippen molar-refractivity contribution in [2.24, 2.45) is 0 Å². The highest BCUT2D eigenvalue weighted by atomic mass is 32.2. The number of sulfonamides is 1. The van der Waals surface area contributed by atoms with E-state index in [9.17, 15) is 28.1 Å². The lowest BCUT2D eigenvalue weighted by atomic mass is 10.2. The summed E-state index contributed by atoms with van der Waals surface area (Å²) >= 11 is 0. The summed E-state index contributed by atoms with van der Waals surface area (Å²) in [5.41, 5.74) is 1.47. The SMILES string of the molecule is C[C@@H](OC(=O)c1cccc(S(=O)(=O)N2CCc3ccccc32)c1)C(=O)Nc1cccc([N+](=O)[O-])c1. The van der Waals surface area contributed by atoms with Crippen LogP contribution in [0.3, 0.4) is 0 Å². The zero-order chi connectivity index (χ0) is 25.2. The summed E-state index contributed by atoms with van der Waals surface area (Å²) in [5, 5.41) is 13.3. The number of nitro groups is 1. The Kier molecular flexibility index (Phi) is 6.52. The maximum Gasteiger partial charge on any atom is 0.338 e. The van der Waals surface area contributed by atoms with Crippen molar-refractivity contribution < 1.29 is 27.7 Å². The number of para-hydroxylation sites is 1. The minimum Gasteiger partial charge on any atom is -0.449 e. The molecule has 1 aliphatic rings. The fraction of sp³-hybridized carbons (Fsp3) is 0.167. The maximum absolute atomic E-state index is 13.2. The first kappa shape index (κ1) is 23.9. The highest BCUT2D eigenvalue weighted by Crippen LogP contribution is 2.32. The summed E-state index contributed by atoms with van der Waals surface area (Å²) < 4.78 is 33.0. The van der Waals surface area contributed by atoms with E-state index in [0.717, 1.165) is 5.56 Å². The van der Waals surface area contributed by atoms with E-state index in [1.807, 2.05) is 12.1 Å². The van der Waals surface area contributed by atoms with Gasteiger partial charge in [0.15, 0.2) is 6.10 Å². The van der Waals surface area contributed by atoms with Crippen LogP contribution in [0.25, 0.3) is 0 Å². The van der Waals surface area contributed by atoms with Crippen molar-refractivity contribution in [3.05, 3.63) is 94.0 Å². The Balaban J connectivity index is 1.47. The summed E-state index contributed by atoms with van der Waals surface area (Å²) in [6, 6.07) is 18.0. The fourth-order valence-electron chi connectivity index (χ4n) is 3.69. The van der Waals surface area contributed by atoms with E-state index in [1.165, 1.54) is 59.8 Å². The molecular formula is C24H21N3O7S. The van der Waals surface area contributed by atoms with E-state index in [1.54, 1.807) is 12.1 Å². The number of nitrogens with one attached hydrogen (secondary N) is 1. The van der Waals surface area contributed by atoms with Crippen LogP contribution in [0.15, 0.2) is 77.7 Å². The van der Waals surface area contributed by atoms with Crippen molar-refractivity contribution in [1.29, 1.82) is 0 Å². The zero-order valence-corrected chi connectivity index (χ0v) is 19.4. The van der Waals surface area contributed by atoms with Gasteiger partial charge in [0, 0.05) is 24.4 Å². The highest BCUT2D eigenvalue weighted by Gasteiger charge is 2.31. The van der Waals surface area contributed by atoms with Crippen LogP contribution in [0.1, 0.15) is 22.8 Å². The number of nitrogens with zero attached hydrogens (tertiary/aromatic N) is 2. The minimum atomic E-state index is -3.91. The largest absolute Gasteiger partial charge is 0.449 e. The molecule has 35 heavy (non-hydrogen) atoms. The Labute approximate surface area is 201 Å². The smallest absolute Gasteiger partial charge is 0.338 e. The average Bonchev–Trinajstić information content (AvgIpc) is 3.29. The molecule has 180 valence electrons. The van der Waals surface area contributed by atoms with Gasteiger partial charge >= 0.3 is 5.97 Å². The Bertz CT molecular complexity index is 1420. The van der Waals surface area contributed by atoms with Crippen LogP contribution in [0.4, 0.5) is 17.1 Å². The van der Waals surface area contributed by atoms with Crippen molar-refractivity contribution in [2.75, 3.05) is 16.2 Å². The van der Waals surface area contributed by atoms with Gasteiger partial charge < -0.3 is 10.1 Å². The van der Waals surface area contributed by atoms with Crippen LogP contribution in [-0.2, 0) is 26.0 Å². The number of non-ortho nitro benzene ring substituents is 1. The molecule has 3 aromatic rings. The van der Waals surface area contributed by atoms with Crippen molar-refractivity contribution in [2.45, 2.75) is 24.3 Å². The van der Waals surface area contributed by atoms with Crippen LogP contribution in [0.5, 0.6) is 0 Å². The molecule has 1 N–H and O–H groups in total. The van der Waals surface area contributed by atoms with Crippen molar-refractivity contribution in [1.82, 2.24) is 0 Å². The second kappa shape index (κ2) is 9.55. The second-order valence-electron chi connectivity index (χ2n) is 7.83. The Morgan fingerprint density at radius 2 is 1.80 bits per heavy atom. The number of fused-ring (bicyclic) bond motifs is 1. The molecule has 1 aliphatic heterocycles. The predicted molar refractivity (Wildman–Crippen MR) is 128 cm³/mol. The lowest BCUT2D eigenvalue weighted by Crippen LogP contribution is -2.30. The van der Waals surface area contributed by atoms with Crippen LogP contribution in [0, 0.1) is 10.1 Å². The van der Waals surface area contributed by atoms with E-state index >= 15 is 0 Å². The van der Waals surface area contributed by atoms with E-state index in [0.29, 0.717) is 18.7 Å². The first-order valence-electron chi connectivity index (χ1n) is 10.6. The summed E-state index contributed by atoms with van der Waals surface area (Å²) in [5.74, 6) is -1.58. The fourth-order valence-corrected chi connectivity index (χ4v) is 5.24.